The van der Waals surface area contributed by atoms with Crippen molar-refractivity contribution in [1.82, 2.24) is 0 Å². The van der Waals surface area contributed by atoms with Crippen molar-refractivity contribution >= 4 is 5.69 Å². The molecule has 0 saturated heterocycles. The lowest BCUT2D eigenvalue weighted by atomic mass is 10.1. The molecule has 0 radical (unpaired) electrons. The first kappa shape index (κ1) is 14.3. The molecular weight excluding hydrogens is 274 g/mol. The Balaban J connectivity index is 1.71. The van der Waals surface area contributed by atoms with Crippen molar-refractivity contribution in [3.8, 4) is 11.5 Å². The van der Waals surface area contributed by atoms with E-state index in [1.807, 2.05) is 60.7 Å². The summed E-state index contributed by atoms with van der Waals surface area (Å²) in [6, 6.07) is 17.5. The Morgan fingerprint density at radius 2 is 1.64 bits per heavy atom. The number of para-hydroxylation sites is 3. The number of rotatable bonds is 5. The number of anilines is 1. The molecule has 0 bridgehead atoms. The van der Waals surface area contributed by atoms with Gasteiger partial charge in [-0.25, -0.2) is 0 Å². The first-order valence-corrected chi connectivity index (χ1v) is 7.47. The second-order valence-corrected chi connectivity index (χ2v) is 5.16. The van der Waals surface area contributed by atoms with E-state index in [9.17, 15) is 5.11 Å². The van der Waals surface area contributed by atoms with Gasteiger partial charge in [0.15, 0.2) is 5.75 Å². The van der Waals surface area contributed by atoms with Gasteiger partial charge in [-0.3, -0.25) is 0 Å². The van der Waals surface area contributed by atoms with Crippen molar-refractivity contribution < 1.29 is 9.84 Å². The SMILES string of the molecule is OC1=CCCC=C1CNc1ccccc1Oc1ccccc1. The van der Waals surface area contributed by atoms with Crippen LogP contribution < -0.4 is 10.1 Å². The molecule has 0 atom stereocenters. The second-order valence-electron chi connectivity index (χ2n) is 5.16. The van der Waals surface area contributed by atoms with E-state index in [-0.39, 0.29) is 0 Å². The second kappa shape index (κ2) is 6.85. The van der Waals surface area contributed by atoms with Crippen LogP contribution in [0.4, 0.5) is 5.69 Å². The van der Waals surface area contributed by atoms with Gasteiger partial charge < -0.3 is 15.2 Å². The molecule has 0 aliphatic heterocycles. The largest absolute Gasteiger partial charge is 0.508 e. The Morgan fingerprint density at radius 1 is 0.909 bits per heavy atom. The normalized spacial score (nSPS) is 14.0. The monoisotopic (exact) mass is 293 g/mol. The molecule has 3 nitrogen and oxygen atoms in total. The summed E-state index contributed by atoms with van der Waals surface area (Å²) in [5, 5.41) is 13.2. The Bertz CT molecular complexity index is 690. The van der Waals surface area contributed by atoms with Gasteiger partial charge in [-0.05, 0) is 43.2 Å². The van der Waals surface area contributed by atoms with Crippen molar-refractivity contribution in [2.75, 3.05) is 11.9 Å². The van der Waals surface area contributed by atoms with Crippen molar-refractivity contribution in [2.45, 2.75) is 12.8 Å². The van der Waals surface area contributed by atoms with Crippen LogP contribution in [0.5, 0.6) is 11.5 Å². The number of hydrogen-bond acceptors (Lipinski definition) is 3. The molecule has 0 heterocycles. The molecule has 0 fully saturated rings. The van der Waals surface area contributed by atoms with Gasteiger partial charge in [0.2, 0.25) is 0 Å². The van der Waals surface area contributed by atoms with Crippen LogP contribution in [0.3, 0.4) is 0 Å². The van der Waals surface area contributed by atoms with E-state index in [0.717, 1.165) is 35.6 Å². The van der Waals surface area contributed by atoms with Crippen LogP contribution in [0.2, 0.25) is 0 Å². The summed E-state index contributed by atoms with van der Waals surface area (Å²) in [6.45, 7) is 0.581. The molecule has 1 aliphatic rings. The molecule has 0 spiro atoms. The van der Waals surface area contributed by atoms with Crippen LogP contribution in [-0.2, 0) is 0 Å². The minimum absolute atomic E-state index is 0.375. The standard InChI is InChI=1S/C19H19NO2/c21-18-12-6-4-8-15(18)14-20-17-11-5-7-13-19(17)22-16-9-2-1-3-10-16/h1-3,5,7-13,20-21H,4,6,14H2. The number of nitrogens with one attached hydrogen (secondary N) is 1. The highest BCUT2D eigenvalue weighted by Gasteiger charge is 2.09. The number of aliphatic hydroxyl groups excluding tert-OH is 1. The highest BCUT2D eigenvalue weighted by molar-refractivity contribution is 5.58. The van der Waals surface area contributed by atoms with Crippen molar-refractivity contribution in [3.63, 3.8) is 0 Å². The molecule has 0 saturated carbocycles. The van der Waals surface area contributed by atoms with Crippen LogP contribution in [0.15, 0.2) is 78.1 Å². The number of benzene rings is 2. The van der Waals surface area contributed by atoms with Gasteiger partial charge in [0.05, 0.1) is 5.69 Å². The third kappa shape index (κ3) is 3.50. The number of hydrogen-bond donors (Lipinski definition) is 2. The maximum atomic E-state index is 9.87. The quantitative estimate of drug-likeness (QED) is 0.810. The van der Waals surface area contributed by atoms with Crippen LogP contribution in [-0.4, -0.2) is 11.7 Å². The van der Waals surface area contributed by atoms with Crippen molar-refractivity contribution in [3.05, 3.63) is 78.1 Å². The molecule has 3 rings (SSSR count). The zero-order valence-corrected chi connectivity index (χ0v) is 12.3. The van der Waals surface area contributed by atoms with E-state index in [2.05, 4.69) is 11.4 Å². The van der Waals surface area contributed by atoms with Gasteiger partial charge in [0.25, 0.3) is 0 Å². The molecule has 0 amide bonds. The lowest BCUT2D eigenvalue weighted by molar-refractivity contribution is 0.416. The fourth-order valence-electron chi connectivity index (χ4n) is 2.38. The fourth-order valence-corrected chi connectivity index (χ4v) is 2.38. The summed E-state index contributed by atoms with van der Waals surface area (Å²) in [4.78, 5) is 0. The molecule has 2 aromatic rings. The summed E-state index contributed by atoms with van der Waals surface area (Å²) in [5.74, 6) is 1.95. The number of aliphatic hydroxyl groups is 1. The van der Waals surface area contributed by atoms with E-state index in [4.69, 9.17) is 4.74 Å². The highest BCUT2D eigenvalue weighted by Crippen LogP contribution is 2.29. The molecule has 2 N–H and O–H groups in total. The summed E-state index contributed by atoms with van der Waals surface area (Å²) in [6.07, 6.45) is 5.82. The highest BCUT2D eigenvalue weighted by atomic mass is 16.5. The molecular formula is C19H19NO2. The summed E-state index contributed by atoms with van der Waals surface area (Å²) in [5.41, 5.74) is 1.84. The van der Waals surface area contributed by atoms with Gasteiger partial charge in [-0.2, -0.15) is 0 Å². The summed E-state index contributed by atoms with van der Waals surface area (Å²) < 4.78 is 5.92. The van der Waals surface area contributed by atoms with E-state index in [0.29, 0.717) is 12.3 Å². The van der Waals surface area contributed by atoms with Crippen LogP contribution in [0.25, 0.3) is 0 Å². The summed E-state index contributed by atoms with van der Waals surface area (Å²) in [7, 11) is 0. The first-order valence-electron chi connectivity index (χ1n) is 7.47. The molecule has 0 aromatic heterocycles. The Morgan fingerprint density at radius 3 is 2.45 bits per heavy atom. The van der Waals surface area contributed by atoms with Crippen LogP contribution in [0.1, 0.15) is 12.8 Å². The molecule has 112 valence electrons. The van der Waals surface area contributed by atoms with Crippen molar-refractivity contribution in [1.29, 1.82) is 0 Å². The molecule has 22 heavy (non-hydrogen) atoms. The average Bonchev–Trinajstić information content (AvgIpc) is 2.56. The predicted molar refractivity (Wildman–Crippen MR) is 89.5 cm³/mol. The minimum atomic E-state index is 0.375. The van der Waals surface area contributed by atoms with Crippen molar-refractivity contribution in [2.24, 2.45) is 0 Å². The fraction of sp³-hybridized carbons (Fsp3) is 0.158. The maximum Gasteiger partial charge on any atom is 0.150 e. The molecule has 1 aliphatic carbocycles. The van der Waals surface area contributed by atoms with Gasteiger partial charge in [-0.15, -0.1) is 0 Å². The first-order chi connectivity index (χ1) is 10.8. The Labute approximate surface area is 130 Å². The zero-order valence-electron chi connectivity index (χ0n) is 12.3. The van der Waals surface area contributed by atoms with Crippen LogP contribution in [0, 0.1) is 0 Å². The minimum Gasteiger partial charge on any atom is -0.508 e. The van der Waals surface area contributed by atoms with E-state index in [1.165, 1.54) is 0 Å². The van der Waals surface area contributed by atoms with E-state index in [1.54, 1.807) is 0 Å². The molecule has 3 heteroatoms. The Kier molecular flexibility index (Phi) is 4.44. The molecule has 0 unspecified atom stereocenters. The predicted octanol–water partition coefficient (Wildman–Crippen LogP) is 5.05. The molecule has 2 aromatic carbocycles. The lowest BCUT2D eigenvalue weighted by Crippen LogP contribution is -2.09. The third-order valence-corrected chi connectivity index (χ3v) is 3.55. The van der Waals surface area contributed by atoms with Crippen LogP contribution >= 0.6 is 0 Å². The van der Waals surface area contributed by atoms with Gasteiger partial charge >= 0.3 is 0 Å². The summed E-state index contributed by atoms with van der Waals surface area (Å²) >= 11 is 0. The lowest BCUT2D eigenvalue weighted by Gasteiger charge is -2.16. The van der Waals surface area contributed by atoms with Gasteiger partial charge in [0, 0.05) is 12.1 Å². The smallest absolute Gasteiger partial charge is 0.150 e. The van der Waals surface area contributed by atoms with Gasteiger partial charge in [-0.1, -0.05) is 36.4 Å². The Hall–Kier alpha value is -2.68. The zero-order chi connectivity index (χ0) is 15.2. The number of allylic oxidation sites excluding steroid dienone is 2. The topological polar surface area (TPSA) is 41.5 Å². The number of ether oxygens (including phenoxy) is 1. The van der Waals surface area contributed by atoms with E-state index >= 15 is 0 Å². The average molecular weight is 293 g/mol. The van der Waals surface area contributed by atoms with E-state index < -0.39 is 0 Å². The van der Waals surface area contributed by atoms with Gasteiger partial charge in [0.1, 0.15) is 11.5 Å². The third-order valence-electron chi connectivity index (χ3n) is 3.55. The maximum absolute atomic E-state index is 9.87.